The Labute approximate surface area is 153 Å². The molecule has 1 aliphatic heterocycles. The Balaban J connectivity index is 0.00000288. The van der Waals surface area contributed by atoms with Crippen LogP contribution in [0.15, 0.2) is 18.2 Å². The SMILES string of the molecule is Cc1cc(N2CCCN(CC(O)C[N+](C)(C)C)CC2)ccc1N.[Cl-]. The van der Waals surface area contributed by atoms with E-state index in [-0.39, 0.29) is 18.5 Å². The maximum atomic E-state index is 10.3. The summed E-state index contributed by atoms with van der Waals surface area (Å²) < 4.78 is 0.797. The molecule has 0 aromatic heterocycles. The molecule has 1 unspecified atom stereocenters. The zero-order chi connectivity index (χ0) is 17.0. The molecule has 24 heavy (non-hydrogen) atoms. The second-order valence-electron chi connectivity index (χ2n) is 7.81. The maximum absolute atomic E-state index is 10.3. The molecule has 0 radical (unpaired) electrons. The lowest BCUT2D eigenvalue weighted by molar-refractivity contribution is -0.873. The molecule has 1 aromatic carbocycles. The van der Waals surface area contributed by atoms with Crippen LogP contribution in [0.2, 0.25) is 0 Å². The fourth-order valence-electron chi connectivity index (χ4n) is 3.26. The number of rotatable bonds is 5. The van der Waals surface area contributed by atoms with Crippen LogP contribution in [0, 0.1) is 6.92 Å². The fraction of sp³-hybridized carbons (Fsp3) is 0.667. The van der Waals surface area contributed by atoms with Crippen molar-refractivity contribution < 1.29 is 22.0 Å². The molecule has 0 bridgehead atoms. The third-order valence-electron chi connectivity index (χ3n) is 4.43. The molecular weight excluding hydrogens is 324 g/mol. The van der Waals surface area contributed by atoms with Gasteiger partial charge in [0.15, 0.2) is 0 Å². The molecule has 0 amide bonds. The van der Waals surface area contributed by atoms with Crippen LogP contribution >= 0.6 is 0 Å². The second-order valence-corrected chi connectivity index (χ2v) is 7.81. The average molecular weight is 357 g/mol. The van der Waals surface area contributed by atoms with E-state index >= 15 is 0 Å². The van der Waals surface area contributed by atoms with E-state index in [2.05, 4.69) is 50.0 Å². The molecule has 0 spiro atoms. The van der Waals surface area contributed by atoms with Crippen LogP contribution in [0.1, 0.15) is 12.0 Å². The van der Waals surface area contributed by atoms with Gasteiger partial charge in [-0.3, -0.25) is 4.90 Å². The van der Waals surface area contributed by atoms with Gasteiger partial charge in [-0.05, 0) is 43.7 Å². The minimum Gasteiger partial charge on any atom is -1.00 e. The van der Waals surface area contributed by atoms with E-state index in [4.69, 9.17) is 5.73 Å². The first-order valence-electron chi connectivity index (χ1n) is 8.56. The van der Waals surface area contributed by atoms with Gasteiger partial charge < -0.3 is 32.6 Å². The molecule has 138 valence electrons. The fourth-order valence-corrected chi connectivity index (χ4v) is 3.26. The van der Waals surface area contributed by atoms with Gasteiger partial charge in [-0.25, -0.2) is 0 Å². The van der Waals surface area contributed by atoms with Crippen LogP contribution < -0.4 is 23.0 Å². The highest BCUT2D eigenvalue weighted by molar-refractivity contribution is 5.58. The molecule has 1 aromatic rings. The number of aliphatic hydroxyl groups is 1. The van der Waals surface area contributed by atoms with Crippen LogP contribution in [0.4, 0.5) is 11.4 Å². The number of aryl methyl sites for hydroxylation is 1. The number of likely N-dealkylation sites (N-methyl/N-ethyl adjacent to an activating group) is 1. The number of nitrogens with two attached hydrogens (primary N) is 1. The number of quaternary nitrogens is 1. The van der Waals surface area contributed by atoms with Crippen LogP contribution in [-0.2, 0) is 0 Å². The molecule has 1 atom stereocenters. The van der Waals surface area contributed by atoms with Crippen molar-refractivity contribution in [3.8, 4) is 0 Å². The second kappa shape index (κ2) is 8.90. The number of nitrogen functional groups attached to an aromatic ring is 1. The molecule has 0 saturated carbocycles. The van der Waals surface area contributed by atoms with Crippen LogP contribution in [-0.4, -0.2) is 81.0 Å². The van der Waals surface area contributed by atoms with Crippen molar-refractivity contribution in [3.63, 3.8) is 0 Å². The first-order chi connectivity index (χ1) is 10.7. The predicted octanol–water partition coefficient (Wildman–Crippen LogP) is -1.84. The lowest BCUT2D eigenvalue weighted by Gasteiger charge is -2.30. The van der Waals surface area contributed by atoms with Crippen molar-refractivity contribution in [1.29, 1.82) is 0 Å². The molecule has 6 heteroatoms. The van der Waals surface area contributed by atoms with Crippen LogP contribution in [0.25, 0.3) is 0 Å². The number of hydrogen-bond donors (Lipinski definition) is 2. The molecule has 1 fully saturated rings. The molecule has 1 aliphatic rings. The first kappa shape index (κ1) is 21.0. The standard InChI is InChI=1S/C18H33N4O.ClH/c1-15-12-16(6-7-18(15)19)21-9-5-8-20(10-11-21)13-17(23)14-22(2,3)4;/h6-7,12,17,23H,5,8-11,13-14,19H2,1-4H3;1H/q+1;/p-1. The van der Waals surface area contributed by atoms with E-state index in [1.54, 1.807) is 0 Å². The monoisotopic (exact) mass is 356 g/mol. The van der Waals surface area contributed by atoms with Gasteiger partial charge in [0, 0.05) is 37.6 Å². The molecule has 3 N–H and O–H groups in total. The van der Waals surface area contributed by atoms with E-state index in [0.717, 1.165) is 61.4 Å². The number of anilines is 2. The smallest absolute Gasteiger partial charge is 0.115 e. The van der Waals surface area contributed by atoms with E-state index < -0.39 is 0 Å². The summed E-state index contributed by atoms with van der Waals surface area (Å²) in [4.78, 5) is 4.82. The van der Waals surface area contributed by atoms with Gasteiger partial charge in [0.25, 0.3) is 0 Å². The maximum Gasteiger partial charge on any atom is 0.115 e. The topological polar surface area (TPSA) is 52.7 Å². The van der Waals surface area contributed by atoms with Crippen molar-refractivity contribution in [1.82, 2.24) is 4.90 Å². The van der Waals surface area contributed by atoms with E-state index in [9.17, 15) is 5.11 Å². The Morgan fingerprint density at radius 1 is 1.17 bits per heavy atom. The molecule has 0 aliphatic carbocycles. The highest BCUT2D eigenvalue weighted by Gasteiger charge is 2.21. The summed E-state index contributed by atoms with van der Waals surface area (Å²) in [5.41, 5.74) is 9.17. The Morgan fingerprint density at radius 3 is 2.50 bits per heavy atom. The molecule has 5 nitrogen and oxygen atoms in total. The summed E-state index contributed by atoms with van der Waals surface area (Å²) in [6.07, 6.45) is 0.862. The molecule has 1 saturated heterocycles. The minimum atomic E-state index is -0.264. The van der Waals surface area contributed by atoms with E-state index in [1.807, 2.05) is 6.07 Å². The highest BCUT2D eigenvalue weighted by Crippen LogP contribution is 2.21. The highest BCUT2D eigenvalue weighted by atomic mass is 35.5. The Bertz CT molecular complexity index is 518. The molecule has 1 heterocycles. The minimum absolute atomic E-state index is 0. The predicted molar refractivity (Wildman–Crippen MR) is 97.8 cm³/mol. The van der Waals surface area contributed by atoms with Crippen LogP contribution in [0.5, 0.6) is 0 Å². The summed E-state index contributed by atoms with van der Waals surface area (Å²) in [5, 5.41) is 10.3. The third-order valence-corrected chi connectivity index (χ3v) is 4.43. The van der Waals surface area contributed by atoms with Crippen molar-refractivity contribution in [2.45, 2.75) is 19.4 Å². The summed E-state index contributed by atoms with van der Waals surface area (Å²) >= 11 is 0. The zero-order valence-corrected chi connectivity index (χ0v) is 16.3. The number of aliphatic hydroxyl groups excluding tert-OH is 1. The third kappa shape index (κ3) is 6.48. The van der Waals surface area contributed by atoms with Gasteiger partial charge in [-0.15, -0.1) is 0 Å². The Hall–Kier alpha value is -1.01. The Kier molecular flexibility index (Phi) is 7.80. The lowest BCUT2D eigenvalue weighted by Crippen LogP contribution is -3.00. The van der Waals surface area contributed by atoms with Crippen LogP contribution in [0.3, 0.4) is 0 Å². The Morgan fingerprint density at radius 2 is 1.88 bits per heavy atom. The van der Waals surface area contributed by atoms with Gasteiger partial charge >= 0.3 is 0 Å². The number of hydrogen-bond acceptors (Lipinski definition) is 4. The lowest BCUT2D eigenvalue weighted by atomic mass is 10.1. The van der Waals surface area contributed by atoms with Gasteiger partial charge in [0.1, 0.15) is 12.6 Å². The van der Waals surface area contributed by atoms with E-state index in [1.165, 1.54) is 5.69 Å². The number of halogens is 1. The summed E-state index contributed by atoms with van der Waals surface area (Å²) in [5.74, 6) is 0. The van der Waals surface area contributed by atoms with Gasteiger partial charge in [0.2, 0.25) is 0 Å². The number of nitrogens with zero attached hydrogens (tertiary/aromatic N) is 3. The molecule has 2 rings (SSSR count). The first-order valence-corrected chi connectivity index (χ1v) is 8.56. The summed E-state index contributed by atoms with van der Waals surface area (Å²) in [6, 6.07) is 6.29. The summed E-state index contributed by atoms with van der Waals surface area (Å²) in [6.45, 7) is 7.73. The van der Waals surface area contributed by atoms with Gasteiger partial charge in [-0.2, -0.15) is 0 Å². The van der Waals surface area contributed by atoms with Gasteiger partial charge in [0.05, 0.1) is 21.1 Å². The quantitative estimate of drug-likeness (QED) is 0.481. The normalized spacial score (nSPS) is 18.0. The average Bonchev–Trinajstić information content (AvgIpc) is 2.65. The van der Waals surface area contributed by atoms with Crippen molar-refractivity contribution >= 4 is 11.4 Å². The molecular formula is C18H33ClN4O. The van der Waals surface area contributed by atoms with Gasteiger partial charge in [-0.1, -0.05) is 0 Å². The summed E-state index contributed by atoms with van der Waals surface area (Å²) in [7, 11) is 6.37. The largest absolute Gasteiger partial charge is 1.00 e. The number of benzene rings is 1. The van der Waals surface area contributed by atoms with E-state index in [0.29, 0.717) is 0 Å². The number of β-amino-alcohol motifs (C(OH)–C–C–N with tert-alkyl or cyclic N) is 1. The van der Waals surface area contributed by atoms with Crippen molar-refractivity contribution in [2.75, 3.05) is 71.0 Å². The van der Waals surface area contributed by atoms with Crippen molar-refractivity contribution in [3.05, 3.63) is 23.8 Å². The zero-order valence-electron chi connectivity index (χ0n) is 15.5. The van der Waals surface area contributed by atoms with Crippen molar-refractivity contribution in [2.24, 2.45) is 0 Å².